The van der Waals surface area contributed by atoms with Crippen molar-refractivity contribution >= 4 is 11.7 Å². The number of hydrogen-bond acceptors (Lipinski definition) is 5. The molecular weight excluding hydrogens is 234 g/mol. The SMILES string of the molecule is Cc1noc(CNc2ccc(C(=O)O)c(C)c2)n1. The zero-order chi connectivity index (χ0) is 13.1. The normalized spacial score (nSPS) is 10.3. The number of benzene rings is 1. The minimum atomic E-state index is -0.924. The summed E-state index contributed by atoms with van der Waals surface area (Å²) in [5, 5.41) is 15.7. The average molecular weight is 247 g/mol. The lowest BCUT2D eigenvalue weighted by atomic mass is 10.1. The van der Waals surface area contributed by atoms with E-state index < -0.39 is 5.97 Å². The monoisotopic (exact) mass is 247 g/mol. The molecule has 0 aliphatic rings. The molecule has 0 fully saturated rings. The zero-order valence-corrected chi connectivity index (χ0v) is 10.1. The third kappa shape index (κ3) is 2.65. The predicted molar refractivity (Wildman–Crippen MR) is 64.5 cm³/mol. The molecule has 6 nitrogen and oxygen atoms in total. The molecule has 2 N–H and O–H groups in total. The summed E-state index contributed by atoms with van der Waals surface area (Å²) in [7, 11) is 0. The first-order valence-corrected chi connectivity index (χ1v) is 5.43. The summed E-state index contributed by atoms with van der Waals surface area (Å²) in [4.78, 5) is 14.9. The molecule has 0 unspecified atom stereocenters. The number of nitrogens with zero attached hydrogens (tertiary/aromatic N) is 2. The van der Waals surface area contributed by atoms with Crippen LogP contribution in [0, 0.1) is 13.8 Å². The summed E-state index contributed by atoms with van der Waals surface area (Å²) in [5.41, 5.74) is 1.82. The van der Waals surface area contributed by atoms with Crippen molar-refractivity contribution in [2.24, 2.45) is 0 Å². The van der Waals surface area contributed by atoms with E-state index in [1.54, 1.807) is 32.0 Å². The predicted octanol–water partition coefficient (Wildman–Crippen LogP) is 2.00. The molecule has 18 heavy (non-hydrogen) atoms. The molecule has 94 valence electrons. The molecule has 1 heterocycles. The molecule has 6 heteroatoms. The number of aromatic carboxylic acids is 1. The maximum atomic E-state index is 10.9. The first-order valence-electron chi connectivity index (χ1n) is 5.43. The van der Waals surface area contributed by atoms with Crippen molar-refractivity contribution in [2.75, 3.05) is 5.32 Å². The molecule has 0 amide bonds. The third-order valence-corrected chi connectivity index (χ3v) is 2.47. The summed E-state index contributed by atoms with van der Waals surface area (Å²) in [6.45, 7) is 3.91. The van der Waals surface area contributed by atoms with E-state index in [0.29, 0.717) is 29.4 Å². The Morgan fingerprint density at radius 3 is 2.78 bits per heavy atom. The average Bonchev–Trinajstić information content (AvgIpc) is 2.72. The van der Waals surface area contributed by atoms with Gasteiger partial charge in [-0.25, -0.2) is 4.79 Å². The van der Waals surface area contributed by atoms with E-state index in [1.165, 1.54) is 0 Å². The molecule has 0 atom stereocenters. The molecule has 0 saturated carbocycles. The second kappa shape index (κ2) is 4.87. The van der Waals surface area contributed by atoms with Crippen LogP contribution in [0.15, 0.2) is 22.7 Å². The minimum absolute atomic E-state index is 0.300. The maximum Gasteiger partial charge on any atom is 0.335 e. The van der Waals surface area contributed by atoms with Crippen LogP contribution >= 0.6 is 0 Å². The zero-order valence-electron chi connectivity index (χ0n) is 10.1. The fraction of sp³-hybridized carbons (Fsp3) is 0.250. The van der Waals surface area contributed by atoms with Crippen molar-refractivity contribution in [1.29, 1.82) is 0 Å². The third-order valence-electron chi connectivity index (χ3n) is 2.47. The van der Waals surface area contributed by atoms with Crippen LogP contribution in [-0.2, 0) is 6.54 Å². The smallest absolute Gasteiger partial charge is 0.335 e. The number of hydrogen-bond donors (Lipinski definition) is 2. The largest absolute Gasteiger partial charge is 0.478 e. The highest BCUT2D eigenvalue weighted by molar-refractivity contribution is 5.89. The fourth-order valence-electron chi connectivity index (χ4n) is 1.60. The lowest BCUT2D eigenvalue weighted by Gasteiger charge is -2.06. The Morgan fingerprint density at radius 2 is 2.22 bits per heavy atom. The molecule has 2 aromatic rings. The molecule has 0 saturated heterocycles. The summed E-state index contributed by atoms with van der Waals surface area (Å²) >= 11 is 0. The van der Waals surface area contributed by atoms with Gasteiger partial charge >= 0.3 is 5.97 Å². The van der Waals surface area contributed by atoms with Crippen molar-refractivity contribution in [3.05, 3.63) is 41.0 Å². The highest BCUT2D eigenvalue weighted by Crippen LogP contribution is 2.15. The van der Waals surface area contributed by atoms with E-state index in [-0.39, 0.29) is 0 Å². The Labute approximate surface area is 104 Å². The van der Waals surface area contributed by atoms with E-state index in [0.717, 1.165) is 5.69 Å². The van der Waals surface area contributed by atoms with Gasteiger partial charge in [0.05, 0.1) is 12.1 Å². The van der Waals surface area contributed by atoms with Crippen molar-refractivity contribution in [3.8, 4) is 0 Å². The number of carbonyl (C=O) groups is 1. The Balaban J connectivity index is 2.06. The van der Waals surface area contributed by atoms with Gasteiger partial charge in [-0.1, -0.05) is 5.16 Å². The summed E-state index contributed by atoms with van der Waals surface area (Å²) < 4.78 is 4.96. The number of aromatic nitrogens is 2. The fourth-order valence-corrected chi connectivity index (χ4v) is 1.60. The Morgan fingerprint density at radius 1 is 1.44 bits per heavy atom. The van der Waals surface area contributed by atoms with Crippen molar-refractivity contribution in [1.82, 2.24) is 10.1 Å². The Bertz CT molecular complexity index is 578. The molecule has 0 spiro atoms. The number of nitrogens with one attached hydrogen (secondary N) is 1. The van der Waals surface area contributed by atoms with Gasteiger partial charge in [0.2, 0.25) is 5.89 Å². The van der Waals surface area contributed by atoms with Gasteiger partial charge in [-0.15, -0.1) is 0 Å². The van der Waals surface area contributed by atoms with E-state index in [4.69, 9.17) is 9.63 Å². The van der Waals surface area contributed by atoms with Gasteiger partial charge in [-0.2, -0.15) is 4.98 Å². The molecule has 1 aromatic heterocycles. The summed E-state index contributed by atoms with van der Waals surface area (Å²) in [5.74, 6) is 0.156. The van der Waals surface area contributed by atoms with E-state index >= 15 is 0 Å². The van der Waals surface area contributed by atoms with Gasteiger partial charge in [0.15, 0.2) is 5.82 Å². The number of aryl methyl sites for hydroxylation is 2. The van der Waals surface area contributed by atoms with Crippen LogP contribution in [-0.4, -0.2) is 21.2 Å². The van der Waals surface area contributed by atoms with Gasteiger partial charge in [0.1, 0.15) is 0 Å². The molecule has 0 radical (unpaired) electrons. The van der Waals surface area contributed by atoms with Gasteiger partial charge < -0.3 is 14.9 Å². The molecule has 0 bridgehead atoms. The molecular formula is C12H13N3O3. The van der Waals surface area contributed by atoms with Crippen molar-refractivity contribution in [2.45, 2.75) is 20.4 Å². The van der Waals surface area contributed by atoms with Crippen LogP contribution in [0.3, 0.4) is 0 Å². The molecule has 0 aliphatic carbocycles. The van der Waals surface area contributed by atoms with Crippen molar-refractivity contribution in [3.63, 3.8) is 0 Å². The van der Waals surface area contributed by atoms with Gasteiger partial charge in [-0.05, 0) is 37.6 Å². The second-order valence-corrected chi connectivity index (χ2v) is 3.92. The first-order chi connectivity index (χ1) is 8.56. The summed E-state index contributed by atoms with van der Waals surface area (Å²) in [6.07, 6.45) is 0. The van der Waals surface area contributed by atoms with Gasteiger partial charge in [0, 0.05) is 5.69 Å². The molecule has 2 rings (SSSR count). The van der Waals surface area contributed by atoms with Crippen LogP contribution < -0.4 is 5.32 Å². The molecule has 1 aromatic carbocycles. The van der Waals surface area contributed by atoms with Gasteiger partial charge in [0.25, 0.3) is 0 Å². The van der Waals surface area contributed by atoms with Crippen molar-refractivity contribution < 1.29 is 14.4 Å². The first kappa shape index (κ1) is 12.1. The van der Waals surface area contributed by atoms with Crippen LogP contribution in [0.2, 0.25) is 0 Å². The summed E-state index contributed by atoms with van der Waals surface area (Å²) in [6, 6.07) is 5.05. The lowest BCUT2D eigenvalue weighted by molar-refractivity contribution is 0.0696. The maximum absolute atomic E-state index is 10.9. The highest BCUT2D eigenvalue weighted by Gasteiger charge is 2.07. The van der Waals surface area contributed by atoms with Crippen LogP contribution in [0.5, 0.6) is 0 Å². The van der Waals surface area contributed by atoms with Crippen LogP contribution in [0.4, 0.5) is 5.69 Å². The number of anilines is 1. The topological polar surface area (TPSA) is 88.2 Å². The standard InChI is InChI=1S/C12H13N3O3/c1-7-5-9(3-4-10(7)12(16)17)13-6-11-14-8(2)15-18-11/h3-5,13H,6H2,1-2H3,(H,16,17). The number of carboxylic acids is 1. The molecule has 0 aliphatic heterocycles. The van der Waals surface area contributed by atoms with Crippen LogP contribution in [0.1, 0.15) is 27.6 Å². The van der Waals surface area contributed by atoms with E-state index in [1.807, 2.05) is 0 Å². The lowest BCUT2D eigenvalue weighted by Crippen LogP contribution is -2.03. The number of carboxylic acid groups (broad SMARTS) is 1. The second-order valence-electron chi connectivity index (χ2n) is 3.92. The number of rotatable bonds is 4. The minimum Gasteiger partial charge on any atom is -0.478 e. The van der Waals surface area contributed by atoms with Gasteiger partial charge in [-0.3, -0.25) is 0 Å². The van der Waals surface area contributed by atoms with E-state index in [2.05, 4.69) is 15.5 Å². The Kier molecular flexibility index (Phi) is 3.27. The van der Waals surface area contributed by atoms with Crippen LogP contribution in [0.25, 0.3) is 0 Å². The quantitative estimate of drug-likeness (QED) is 0.859. The highest BCUT2D eigenvalue weighted by atomic mass is 16.5. The Hall–Kier alpha value is -2.37. The van der Waals surface area contributed by atoms with E-state index in [9.17, 15) is 4.79 Å².